The molecule has 0 spiro atoms. The van der Waals surface area contributed by atoms with E-state index in [1.165, 1.54) is 18.2 Å². The topological polar surface area (TPSA) is 54.3 Å². The highest BCUT2D eigenvalue weighted by Crippen LogP contribution is 2.35. The maximum absolute atomic E-state index is 11.9. The Hall–Kier alpha value is -2.15. The van der Waals surface area contributed by atoms with Gasteiger partial charge in [-0.05, 0) is 81.1 Å². The first-order valence-corrected chi connectivity index (χ1v) is 12.1. The summed E-state index contributed by atoms with van der Waals surface area (Å²) in [5.74, 6) is 0.325. The number of hydrogen-bond acceptors (Lipinski definition) is 3. The molecule has 3 aromatic rings. The van der Waals surface area contributed by atoms with Gasteiger partial charge in [-0.15, -0.1) is 0 Å². The number of aryl methyl sites for hydroxylation is 1. The van der Waals surface area contributed by atoms with Crippen molar-refractivity contribution in [1.29, 1.82) is 0 Å². The van der Waals surface area contributed by atoms with Crippen LogP contribution in [0.3, 0.4) is 0 Å². The van der Waals surface area contributed by atoms with Gasteiger partial charge in [-0.3, -0.25) is 0 Å². The van der Waals surface area contributed by atoms with Gasteiger partial charge in [0.25, 0.3) is 0 Å². The fourth-order valence-corrected chi connectivity index (χ4v) is 5.02. The number of piperidine rings is 1. The van der Waals surface area contributed by atoms with Crippen LogP contribution in [-0.2, 0) is 23.0 Å². The van der Waals surface area contributed by atoms with E-state index in [9.17, 15) is 8.42 Å². The quantitative estimate of drug-likeness (QED) is 0.626. The lowest BCUT2D eigenvalue weighted by Gasteiger charge is -2.28. The maximum Gasteiger partial charge on any atom is 0.211 e. The summed E-state index contributed by atoms with van der Waals surface area (Å²) in [6.07, 6.45) is 4.24. The van der Waals surface area contributed by atoms with Crippen LogP contribution in [0.1, 0.15) is 39.6 Å². The molecule has 0 radical (unpaired) electrons. The van der Waals surface area contributed by atoms with Gasteiger partial charge in [-0.1, -0.05) is 36.4 Å². The Morgan fingerprint density at radius 3 is 2.57 bits per heavy atom. The van der Waals surface area contributed by atoms with Crippen LogP contribution in [-0.4, -0.2) is 50.8 Å². The molecule has 4 rings (SSSR count). The lowest BCUT2D eigenvalue weighted by Crippen LogP contribution is -2.29. The van der Waals surface area contributed by atoms with E-state index in [4.69, 9.17) is 4.11 Å². The highest BCUT2D eigenvalue weighted by molar-refractivity contribution is 7.89. The molecule has 0 aliphatic carbocycles. The monoisotopic (exact) mass is 428 g/mol. The van der Waals surface area contributed by atoms with Gasteiger partial charge in [-0.2, -0.15) is 0 Å². The number of nitrogens with one attached hydrogen (secondary N) is 1. The van der Waals surface area contributed by atoms with Gasteiger partial charge in [0.2, 0.25) is 10.0 Å². The molecule has 1 fully saturated rings. The molecule has 0 amide bonds. The van der Waals surface area contributed by atoms with Gasteiger partial charge in [0, 0.05) is 27.8 Å². The second-order valence-electron chi connectivity index (χ2n) is 8.08. The Morgan fingerprint density at radius 1 is 1.10 bits per heavy atom. The molecule has 2 aromatic carbocycles. The lowest BCUT2D eigenvalue weighted by molar-refractivity contribution is 0.256. The third-order valence-corrected chi connectivity index (χ3v) is 7.44. The zero-order valence-corrected chi connectivity index (χ0v) is 18.2. The minimum Gasteiger partial charge on any atom is -0.343 e. The summed E-state index contributed by atoms with van der Waals surface area (Å²) in [5, 5.41) is 1.14. The number of benzene rings is 2. The van der Waals surface area contributed by atoms with Crippen LogP contribution >= 0.6 is 0 Å². The largest absolute Gasteiger partial charge is 0.343 e. The van der Waals surface area contributed by atoms with E-state index in [0.29, 0.717) is 19.5 Å². The van der Waals surface area contributed by atoms with Crippen LogP contribution in [0.5, 0.6) is 0 Å². The number of sulfonamides is 1. The van der Waals surface area contributed by atoms with Crippen molar-refractivity contribution in [2.24, 2.45) is 0 Å². The Labute approximate surface area is 184 Å². The van der Waals surface area contributed by atoms with Crippen molar-refractivity contribution in [3.05, 3.63) is 71.4 Å². The molecule has 1 aliphatic heterocycles. The third-order valence-electron chi connectivity index (χ3n) is 6.08. The van der Waals surface area contributed by atoms with Gasteiger partial charge in [0.15, 0.2) is 0 Å². The van der Waals surface area contributed by atoms with E-state index in [1.54, 1.807) is 4.90 Å². The van der Waals surface area contributed by atoms with E-state index in [1.807, 2.05) is 24.3 Å². The van der Waals surface area contributed by atoms with Crippen molar-refractivity contribution in [2.45, 2.75) is 31.7 Å². The molecular weight excluding hydrogens is 394 g/mol. The van der Waals surface area contributed by atoms with Crippen molar-refractivity contribution in [3.8, 4) is 0 Å². The summed E-state index contributed by atoms with van der Waals surface area (Å²) in [6, 6.07) is 16.5. The summed E-state index contributed by atoms with van der Waals surface area (Å²) >= 11 is 0. The normalized spacial score (nSPS) is 18.2. The zero-order chi connectivity index (χ0) is 23.6. The van der Waals surface area contributed by atoms with Crippen LogP contribution < -0.4 is 4.72 Å². The van der Waals surface area contributed by atoms with Crippen LogP contribution in [0.2, 0.25) is 0 Å². The number of hydrogen-bond donors (Lipinski definition) is 1. The molecule has 5 nitrogen and oxygen atoms in total. The molecule has 1 N–H and O–H groups in total. The summed E-state index contributed by atoms with van der Waals surface area (Å²) < 4.78 is 51.5. The van der Waals surface area contributed by atoms with Crippen molar-refractivity contribution in [3.63, 3.8) is 0 Å². The molecule has 6 heteroatoms. The highest BCUT2D eigenvalue weighted by Gasteiger charge is 2.22. The Kier molecular flexibility index (Phi) is 5.21. The molecular formula is C24H31N3O2S. The molecule has 30 heavy (non-hydrogen) atoms. The third kappa shape index (κ3) is 4.77. The first-order valence-electron chi connectivity index (χ1n) is 12.0. The summed E-state index contributed by atoms with van der Waals surface area (Å²) in [4.78, 5) is 1.58. The number of nitrogens with zero attached hydrogens (tertiary/aromatic N) is 2. The molecule has 1 aromatic heterocycles. The van der Waals surface area contributed by atoms with Crippen LogP contribution in [0, 0.1) is 0 Å². The lowest BCUT2D eigenvalue weighted by atomic mass is 9.89. The van der Waals surface area contributed by atoms with E-state index < -0.39 is 17.0 Å². The van der Waals surface area contributed by atoms with Crippen molar-refractivity contribution in [1.82, 2.24) is 14.2 Å². The second kappa shape index (κ2) is 8.92. The number of likely N-dealkylation sites (tertiary alicyclic amines) is 1. The predicted molar refractivity (Wildman–Crippen MR) is 124 cm³/mol. The standard InChI is InChI=1S/C24H31N3O2S/c1-25-30(28,29)15-12-19-8-9-24-22(16-19)23(21-10-13-26(2)14-11-21)18-27(24)17-20-6-4-3-5-7-20/h3-9,16,18,21,25H,10-15,17H2,1-2H3/i2D3. The molecule has 2 heterocycles. The molecule has 0 atom stereocenters. The molecule has 1 aliphatic rings. The fraction of sp³-hybridized carbons (Fsp3) is 0.417. The molecule has 1 saturated heterocycles. The molecule has 0 unspecified atom stereocenters. The van der Waals surface area contributed by atoms with Crippen LogP contribution in [0.15, 0.2) is 54.7 Å². The zero-order valence-electron chi connectivity index (χ0n) is 20.3. The van der Waals surface area contributed by atoms with Crippen molar-refractivity contribution in [2.75, 3.05) is 32.9 Å². The van der Waals surface area contributed by atoms with E-state index in [-0.39, 0.29) is 11.7 Å². The minimum absolute atomic E-state index is 0.0477. The molecule has 0 saturated carbocycles. The summed E-state index contributed by atoms with van der Waals surface area (Å²) in [7, 11) is -1.83. The number of fused-ring (bicyclic) bond motifs is 1. The van der Waals surface area contributed by atoms with Gasteiger partial charge in [0.05, 0.1) is 5.75 Å². The smallest absolute Gasteiger partial charge is 0.211 e. The molecule has 0 bridgehead atoms. The van der Waals surface area contributed by atoms with Gasteiger partial charge in [-0.25, -0.2) is 13.1 Å². The van der Waals surface area contributed by atoms with Crippen LogP contribution in [0.25, 0.3) is 10.9 Å². The Morgan fingerprint density at radius 2 is 1.87 bits per heavy atom. The fourth-order valence-electron chi connectivity index (χ4n) is 4.31. The van der Waals surface area contributed by atoms with Gasteiger partial charge < -0.3 is 9.47 Å². The van der Waals surface area contributed by atoms with E-state index >= 15 is 0 Å². The number of rotatable bonds is 7. The maximum atomic E-state index is 11.9. The van der Waals surface area contributed by atoms with Crippen molar-refractivity contribution < 1.29 is 12.5 Å². The van der Waals surface area contributed by atoms with Gasteiger partial charge >= 0.3 is 0 Å². The highest BCUT2D eigenvalue weighted by atomic mass is 32.2. The van der Waals surface area contributed by atoms with Gasteiger partial charge in [0.1, 0.15) is 0 Å². The van der Waals surface area contributed by atoms with E-state index in [2.05, 4.69) is 39.8 Å². The van der Waals surface area contributed by atoms with E-state index in [0.717, 1.165) is 35.9 Å². The average Bonchev–Trinajstić information content (AvgIpc) is 3.15. The first-order chi connectivity index (χ1) is 15.7. The second-order valence-corrected chi connectivity index (χ2v) is 10.1. The SMILES string of the molecule is [2H]C([2H])([2H])N1CCC(c2cn(Cc3ccccc3)c3ccc(CCS(=O)(=O)NC)cc23)CC1. The number of aromatic nitrogens is 1. The van der Waals surface area contributed by atoms with Crippen LogP contribution in [0.4, 0.5) is 0 Å². The average molecular weight is 429 g/mol. The summed E-state index contributed by atoms with van der Waals surface area (Å²) in [6.45, 7) is -0.198. The predicted octanol–water partition coefficient (Wildman–Crippen LogP) is 3.59. The summed E-state index contributed by atoms with van der Waals surface area (Å²) in [5.41, 5.74) is 4.54. The first kappa shape index (κ1) is 17.5. The Bertz CT molecular complexity index is 1200. The molecule has 160 valence electrons. The Balaban J connectivity index is 1.66. The van der Waals surface area contributed by atoms with Crippen molar-refractivity contribution >= 4 is 20.9 Å². The minimum atomic E-state index is -3.27.